The second-order valence-electron chi connectivity index (χ2n) is 4.85. The average molecular weight is 278 g/mol. The van der Waals surface area contributed by atoms with Crippen LogP contribution in [0.5, 0.6) is 0 Å². The molecule has 1 atom stereocenters. The van der Waals surface area contributed by atoms with Crippen molar-refractivity contribution in [3.63, 3.8) is 0 Å². The van der Waals surface area contributed by atoms with Crippen LogP contribution >= 0.6 is 0 Å². The summed E-state index contributed by atoms with van der Waals surface area (Å²) >= 11 is 0. The zero-order valence-corrected chi connectivity index (χ0v) is 12.0. The second kappa shape index (κ2) is 8.32. The van der Waals surface area contributed by atoms with Gasteiger partial charge in [-0.1, -0.05) is 26.0 Å². The van der Waals surface area contributed by atoms with E-state index < -0.39 is 5.97 Å². The average Bonchev–Trinajstić information content (AvgIpc) is 2.39. The lowest BCUT2D eigenvalue weighted by molar-refractivity contribution is -0.137. The summed E-state index contributed by atoms with van der Waals surface area (Å²) in [4.78, 5) is 22.3. The van der Waals surface area contributed by atoms with E-state index in [1.165, 1.54) is 0 Å². The van der Waals surface area contributed by atoms with Crippen molar-refractivity contribution in [1.82, 2.24) is 5.32 Å². The number of carboxylic acid groups (broad SMARTS) is 1. The van der Waals surface area contributed by atoms with Crippen LogP contribution in [0, 0.1) is 0 Å². The minimum Gasteiger partial charge on any atom is -0.481 e. The lowest BCUT2D eigenvalue weighted by Gasteiger charge is -2.11. The van der Waals surface area contributed by atoms with E-state index in [0.29, 0.717) is 6.54 Å². The first kappa shape index (κ1) is 16.2. The predicted molar refractivity (Wildman–Crippen MR) is 78.9 cm³/mol. The molecule has 1 amide bonds. The molecule has 5 nitrogen and oxygen atoms in total. The van der Waals surface area contributed by atoms with Crippen molar-refractivity contribution >= 4 is 17.6 Å². The zero-order valence-electron chi connectivity index (χ0n) is 12.0. The van der Waals surface area contributed by atoms with E-state index in [9.17, 15) is 9.59 Å². The third kappa shape index (κ3) is 5.84. The Morgan fingerprint density at radius 1 is 1.25 bits per heavy atom. The highest BCUT2D eigenvalue weighted by atomic mass is 16.4. The molecule has 0 spiro atoms. The van der Waals surface area contributed by atoms with E-state index in [0.717, 1.165) is 24.2 Å². The Labute approximate surface area is 119 Å². The largest absolute Gasteiger partial charge is 0.481 e. The Bertz CT molecular complexity index is 443. The molecular weight excluding hydrogens is 256 g/mol. The van der Waals surface area contributed by atoms with Gasteiger partial charge in [-0.25, -0.2) is 0 Å². The molecule has 0 heterocycles. The quantitative estimate of drug-likeness (QED) is 0.637. The van der Waals surface area contributed by atoms with Crippen LogP contribution in [-0.4, -0.2) is 30.1 Å². The van der Waals surface area contributed by atoms with Gasteiger partial charge in [-0.3, -0.25) is 9.59 Å². The molecule has 0 aliphatic carbocycles. The molecule has 0 saturated heterocycles. The molecule has 0 saturated carbocycles. The Hall–Kier alpha value is -1.88. The molecular formula is C15H22N2O3. The second-order valence-corrected chi connectivity index (χ2v) is 4.85. The van der Waals surface area contributed by atoms with Crippen LogP contribution in [0.15, 0.2) is 24.3 Å². The summed E-state index contributed by atoms with van der Waals surface area (Å²) in [6, 6.07) is 7.29. The first-order valence-electron chi connectivity index (χ1n) is 6.85. The molecule has 5 heteroatoms. The van der Waals surface area contributed by atoms with Gasteiger partial charge in [0.15, 0.2) is 0 Å². The standard InChI is InChI=1S/C15H22N2O3/c1-3-8-16-10-14(18)17-13-6-4-12(5-7-13)11(2)9-15(19)20/h4-7,11,16H,3,8-10H2,1-2H3,(H,17,18)(H,19,20). The SMILES string of the molecule is CCCNCC(=O)Nc1ccc(C(C)CC(=O)O)cc1. The number of hydrogen-bond acceptors (Lipinski definition) is 3. The Balaban J connectivity index is 2.49. The monoisotopic (exact) mass is 278 g/mol. The lowest BCUT2D eigenvalue weighted by Crippen LogP contribution is -2.28. The number of carbonyl (C=O) groups excluding carboxylic acids is 1. The minimum absolute atomic E-state index is 0.0385. The highest BCUT2D eigenvalue weighted by molar-refractivity contribution is 5.92. The van der Waals surface area contributed by atoms with Gasteiger partial charge in [-0.15, -0.1) is 0 Å². The molecule has 0 aromatic heterocycles. The fraction of sp³-hybridized carbons (Fsp3) is 0.467. The molecule has 1 aromatic rings. The third-order valence-electron chi connectivity index (χ3n) is 2.96. The van der Waals surface area contributed by atoms with Gasteiger partial charge in [-0.05, 0) is 36.6 Å². The number of carbonyl (C=O) groups is 2. The van der Waals surface area contributed by atoms with E-state index in [4.69, 9.17) is 5.11 Å². The summed E-state index contributed by atoms with van der Waals surface area (Å²) in [7, 11) is 0. The van der Waals surface area contributed by atoms with Crippen molar-refractivity contribution in [2.24, 2.45) is 0 Å². The summed E-state index contributed by atoms with van der Waals surface area (Å²) in [5.74, 6) is -0.926. The highest BCUT2D eigenvalue weighted by Gasteiger charge is 2.10. The van der Waals surface area contributed by atoms with Crippen molar-refractivity contribution in [2.45, 2.75) is 32.6 Å². The maximum Gasteiger partial charge on any atom is 0.303 e. The molecule has 3 N–H and O–H groups in total. The van der Waals surface area contributed by atoms with E-state index in [1.54, 1.807) is 12.1 Å². The van der Waals surface area contributed by atoms with E-state index in [-0.39, 0.29) is 18.2 Å². The number of amides is 1. The fourth-order valence-corrected chi connectivity index (χ4v) is 1.86. The van der Waals surface area contributed by atoms with Gasteiger partial charge in [-0.2, -0.15) is 0 Å². The third-order valence-corrected chi connectivity index (χ3v) is 2.96. The van der Waals surface area contributed by atoms with Gasteiger partial charge in [0.05, 0.1) is 13.0 Å². The van der Waals surface area contributed by atoms with Crippen molar-refractivity contribution in [1.29, 1.82) is 0 Å². The maximum atomic E-state index is 11.6. The van der Waals surface area contributed by atoms with Crippen molar-refractivity contribution in [2.75, 3.05) is 18.4 Å². The predicted octanol–water partition coefficient (Wildman–Crippen LogP) is 2.20. The van der Waals surface area contributed by atoms with Gasteiger partial charge < -0.3 is 15.7 Å². The van der Waals surface area contributed by atoms with Crippen LogP contribution in [0.25, 0.3) is 0 Å². The molecule has 20 heavy (non-hydrogen) atoms. The topological polar surface area (TPSA) is 78.4 Å². The normalized spacial score (nSPS) is 11.9. The maximum absolute atomic E-state index is 11.6. The molecule has 110 valence electrons. The molecule has 0 aliphatic rings. The Morgan fingerprint density at radius 3 is 2.45 bits per heavy atom. The van der Waals surface area contributed by atoms with Gasteiger partial charge in [0, 0.05) is 5.69 Å². The summed E-state index contributed by atoms with van der Waals surface area (Å²) < 4.78 is 0. The molecule has 1 unspecified atom stereocenters. The molecule has 0 bridgehead atoms. The van der Waals surface area contributed by atoms with Crippen molar-refractivity contribution < 1.29 is 14.7 Å². The minimum atomic E-state index is -0.808. The summed E-state index contributed by atoms with van der Waals surface area (Å²) in [5.41, 5.74) is 1.68. The molecule has 0 fully saturated rings. The number of carboxylic acids is 1. The number of hydrogen-bond donors (Lipinski definition) is 3. The number of nitrogens with one attached hydrogen (secondary N) is 2. The summed E-state index contributed by atoms with van der Waals surface area (Å²) in [6.45, 7) is 5.03. The zero-order chi connectivity index (χ0) is 15.0. The summed E-state index contributed by atoms with van der Waals surface area (Å²) in [5, 5.41) is 14.6. The van der Waals surface area contributed by atoms with Crippen LogP contribution in [0.1, 0.15) is 38.2 Å². The molecule has 1 rings (SSSR count). The number of aliphatic carboxylic acids is 1. The molecule has 0 radical (unpaired) electrons. The van der Waals surface area contributed by atoms with Crippen LogP contribution in [0.4, 0.5) is 5.69 Å². The van der Waals surface area contributed by atoms with E-state index in [2.05, 4.69) is 10.6 Å². The first-order valence-corrected chi connectivity index (χ1v) is 6.85. The van der Waals surface area contributed by atoms with Gasteiger partial charge >= 0.3 is 5.97 Å². The van der Waals surface area contributed by atoms with Crippen molar-refractivity contribution in [3.8, 4) is 0 Å². The van der Waals surface area contributed by atoms with Crippen molar-refractivity contribution in [3.05, 3.63) is 29.8 Å². The van der Waals surface area contributed by atoms with Crippen LogP contribution in [0.3, 0.4) is 0 Å². The van der Waals surface area contributed by atoms with E-state index >= 15 is 0 Å². The van der Waals surface area contributed by atoms with Gasteiger partial charge in [0.25, 0.3) is 0 Å². The van der Waals surface area contributed by atoms with Crippen LogP contribution in [0.2, 0.25) is 0 Å². The smallest absolute Gasteiger partial charge is 0.303 e. The van der Waals surface area contributed by atoms with Crippen LogP contribution < -0.4 is 10.6 Å². The van der Waals surface area contributed by atoms with Gasteiger partial charge in [0.2, 0.25) is 5.91 Å². The van der Waals surface area contributed by atoms with E-state index in [1.807, 2.05) is 26.0 Å². The Morgan fingerprint density at radius 2 is 1.90 bits per heavy atom. The number of rotatable bonds is 8. The molecule has 1 aromatic carbocycles. The lowest BCUT2D eigenvalue weighted by atomic mass is 9.98. The Kier molecular flexibility index (Phi) is 6.73. The van der Waals surface area contributed by atoms with Gasteiger partial charge in [0.1, 0.15) is 0 Å². The molecule has 0 aliphatic heterocycles. The first-order chi connectivity index (χ1) is 9.52. The number of benzene rings is 1. The fourth-order valence-electron chi connectivity index (χ4n) is 1.86. The highest BCUT2D eigenvalue weighted by Crippen LogP contribution is 2.20. The number of anilines is 1. The summed E-state index contributed by atoms with van der Waals surface area (Å²) in [6.07, 6.45) is 1.09. The van der Waals surface area contributed by atoms with Crippen LogP contribution in [-0.2, 0) is 9.59 Å².